The van der Waals surface area contributed by atoms with Crippen molar-refractivity contribution in [3.63, 3.8) is 0 Å². The van der Waals surface area contributed by atoms with Crippen molar-refractivity contribution in [3.05, 3.63) is 35.9 Å². The van der Waals surface area contributed by atoms with Gasteiger partial charge >= 0.3 is 0 Å². The molecule has 2 nitrogen and oxygen atoms in total. The minimum Gasteiger partial charge on any atom is -0.378 e. The van der Waals surface area contributed by atoms with Gasteiger partial charge in [-0.2, -0.15) is 0 Å². The molecule has 2 aliphatic rings. The Morgan fingerprint density at radius 2 is 2.00 bits per heavy atom. The standard InChI is InChI=1S/C17H25NO/c1-13(14-5-3-2-4-6-14)12-18-16-9-10-19-17(11-16)15-7-8-15/h2-6,13,15-18H,7-12H2,1H3/t13-,16+,17+/m1/s1. The third-order valence-electron chi connectivity index (χ3n) is 4.54. The molecule has 1 heterocycles. The highest BCUT2D eigenvalue weighted by Crippen LogP contribution is 2.38. The van der Waals surface area contributed by atoms with Gasteiger partial charge in [-0.3, -0.25) is 0 Å². The Bertz CT molecular complexity index is 388. The number of hydrogen-bond acceptors (Lipinski definition) is 2. The highest BCUT2D eigenvalue weighted by atomic mass is 16.5. The first-order chi connectivity index (χ1) is 9.33. The Labute approximate surface area is 116 Å². The fourth-order valence-corrected chi connectivity index (χ4v) is 3.05. The van der Waals surface area contributed by atoms with Crippen LogP contribution in [0.1, 0.15) is 44.1 Å². The van der Waals surface area contributed by atoms with E-state index in [4.69, 9.17) is 4.74 Å². The van der Waals surface area contributed by atoms with Gasteiger partial charge in [0.05, 0.1) is 6.10 Å². The summed E-state index contributed by atoms with van der Waals surface area (Å²) >= 11 is 0. The van der Waals surface area contributed by atoms with Crippen molar-refractivity contribution in [1.82, 2.24) is 5.32 Å². The average molecular weight is 259 g/mol. The minimum absolute atomic E-state index is 0.540. The summed E-state index contributed by atoms with van der Waals surface area (Å²) in [4.78, 5) is 0. The maximum Gasteiger partial charge on any atom is 0.0618 e. The Morgan fingerprint density at radius 3 is 2.74 bits per heavy atom. The molecule has 0 aromatic heterocycles. The maximum atomic E-state index is 5.88. The summed E-state index contributed by atoms with van der Waals surface area (Å²) in [7, 11) is 0. The molecule has 3 rings (SSSR count). The normalized spacial score (nSPS) is 29.1. The topological polar surface area (TPSA) is 21.3 Å². The van der Waals surface area contributed by atoms with E-state index in [9.17, 15) is 0 Å². The summed E-state index contributed by atoms with van der Waals surface area (Å²) in [6.07, 6.45) is 5.70. The van der Waals surface area contributed by atoms with Gasteiger partial charge in [-0.15, -0.1) is 0 Å². The summed E-state index contributed by atoms with van der Waals surface area (Å²) in [5, 5.41) is 3.75. The lowest BCUT2D eigenvalue weighted by Crippen LogP contribution is -2.41. The first-order valence-electron chi connectivity index (χ1n) is 7.73. The fraction of sp³-hybridized carbons (Fsp3) is 0.647. The lowest BCUT2D eigenvalue weighted by molar-refractivity contribution is -0.0111. The van der Waals surface area contributed by atoms with E-state index < -0.39 is 0 Å². The van der Waals surface area contributed by atoms with Crippen molar-refractivity contribution in [1.29, 1.82) is 0 Å². The quantitative estimate of drug-likeness (QED) is 0.875. The average Bonchev–Trinajstić information content (AvgIpc) is 3.31. The van der Waals surface area contributed by atoms with Gasteiger partial charge in [0, 0.05) is 19.2 Å². The van der Waals surface area contributed by atoms with Crippen LogP contribution in [-0.2, 0) is 4.74 Å². The largest absolute Gasteiger partial charge is 0.378 e. The van der Waals surface area contributed by atoms with Crippen molar-refractivity contribution in [2.45, 2.75) is 50.7 Å². The third kappa shape index (κ3) is 3.58. The molecule has 0 spiro atoms. The highest BCUT2D eigenvalue weighted by Gasteiger charge is 2.35. The van der Waals surface area contributed by atoms with Gasteiger partial charge in [0.2, 0.25) is 0 Å². The molecular formula is C17H25NO. The second kappa shape index (κ2) is 6.06. The van der Waals surface area contributed by atoms with Gasteiger partial charge in [-0.05, 0) is 43.1 Å². The van der Waals surface area contributed by atoms with Crippen LogP contribution in [0.25, 0.3) is 0 Å². The Morgan fingerprint density at radius 1 is 1.21 bits per heavy atom. The molecule has 0 unspecified atom stereocenters. The zero-order valence-corrected chi connectivity index (χ0v) is 11.8. The SMILES string of the molecule is C[C@H](CN[C@H]1CCO[C@H](C2CC2)C1)c1ccccc1. The lowest BCUT2D eigenvalue weighted by Gasteiger charge is -2.31. The van der Waals surface area contributed by atoms with Crippen molar-refractivity contribution >= 4 is 0 Å². The van der Waals surface area contributed by atoms with E-state index in [2.05, 4.69) is 42.6 Å². The van der Waals surface area contributed by atoms with E-state index in [-0.39, 0.29) is 0 Å². The summed E-state index contributed by atoms with van der Waals surface area (Å²) in [6, 6.07) is 11.5. The summed E-state index contributed by atoms with van der Waals surface area (Å²) < 4.78 is 5.88. The van der Waals surface area contributed by atoms with Crippen molar-refractivity contribution < 1.29 is 4.74 Å². The smallest absolute Gasteiger partial charge is 0.0618 e. The maximum absolute atomic E-state index is 5.88. The lowest BCUT2D eigenvalue weighted by atomic mass is 9.97. The molecule has 1 aromatic rings. The van der Waals surface area contributed by atoms with Crippen LogP contribution < -0.4 is 5.32 Å². The molecule has 0 radical (unpaired) electrons. The number of nitrogens with one attached hydrogen (secondary N) is 1. The fourth-order valence-electron chi connectivity index (χ4n) is 3.05. The monoisotopic (exact) mass is 259 g/mol. The minimum atomic E-state index is 0.540. The molecule has 3 atom stereocenters. The third-order valence-corrected chi connectivity index (χ3v) is 4.54. The van der Waals surface area contributed by atoms with Crippen molar-refractivity contribution in [2.75, 3.05) is 13.2 Å². The molecule has 19 heavy (non-hydrogen) atoms. The molecule has 1 saturated heterocycles. The van der Waals surface area contributed by atoms with Crippen LogP contribution in [0, 0.1) is 5.92 Å². The zero-order valence-electron chi connectivity index (χ0n) is 11.8. The van der Waals surface area contributed by atoms with Gasteiger partial charge in [0.15, 0.2) is 0 Å². The summed E-state index contributed by atoms with van der Waals surface area (Å²) in [5.74, 6) is 1.46. The van der Waals surface area contributed by atoms with Crippen LogP contribution in [0.15, 0.2) is 30.3 Å². The Hall–Kier alpha value is -0.860. The molecule has 1 aliphatic carbocycles. The van der Waals surface area contributed by atoms with Gasteiger partial charge in [0.25, 0.3) is 0 Å². The predicted molar refractivity (Wildman–Crippen MR) is 78.3 cm³/mol. The number of rotatable bonds is 5. The molecule has 1 aromatic carbocycles. The van der Waals surface area contributed by atoms with E-state index >= 15 is 0 Å². The van der Waals surface area contributed by atoms with Crippen LogP contribution in [0.3, 0.4) is 0 Å². The zero-order chi connectivity index (χ0) is 13.1. The Kier molecular flexibility index (Phi) is 4.19. The van der Waals surface area contributed by atoms with Crippen LogP contribution in [0.4, 0.5) is 0 Å². The summed E-state index contributed by atoms with van der Waals surface area (Å²) in [6.45, 7) is 4.32. The molecule has 1 aliphatic heterocycles. The van der Waals surface area contributed by atoms with Crippen LogP contribution in [0.5, 0.6) is 0 Å². The number of hydrogen-bond donors (Lipinski definition) is 1. The molecule has 0 amide bonds. The van der Waals surface area contributed by atoms with E-state index in [1.54, 1.807) is 0 Å². The van der Waals surface area contributed by atoms with Gasteiger partial charge < -0.3 is 10.1 Å². The molecule has 0 bridgehead atoms. The number of benzene rings is 1. The van der Waals surface area contributed by atoms with Gasteiger partial charge in [-0.25, -0.2) is 0 Å². The summed E-state index contributed by atoms with van der Waals surface area (Å²) in [5.41, 5.74) is 1.43. The van der Waals surface area contributed by atoms with Crippen LogP contribution in [0.2, 0.25) is 0 Å². The van der Waals surface area contributed by atoms with Crippen LogP contribution >= 0.6 is 0 Å². The molecular weight excluding hydrogens is 234 g/mol. The molecule has 1 N–H and O–H groups in total. The predicted octanol–water partition coefficient (Wildman–Crippen LogP) is 3.34. The first kappa shape index (κ1) is 13.1. The first-order valence-corrected chi connectivity index (χ1v) is 7.73. The molecule has 2 heteroatoms. The van der Waals surface area contributed by atoms with E-state index in [0.717, 1.165) is 19.1 Å². The highest BCUT2D eigenvalue weighted by molar-refractivity contribution is 5.19. The molecule has 104 valence electrons. The van der Waals surface area contributed by atoms with Crippen LogP contribution in [-0.4, -0.2) is 25.3 Å². The van der Waals surface area contributed by atoms with E-state index in [1.807, 2.05) is 0 Å². The van der Waals surface area contributed by atoms with Gasteiger partial charge in [-0.1, -0.05) is 37.3 Å². The second-order valence-corrected chi connectivity index (χ2v) is 6.19. The van der Waals surface area contributed by atoms with Crippen molar-refractivity contribution in [2.24, 2.45) is 5.92 Å². The van der Waals surface area contributed by atoms with E-state index in [1.165, 1.54) is 31.2 Å². The number of ether oxygens (including phenoxy) is 1. The second-order valence-electron chi connectivity index (χ2n) is 6.19. The molecule has 2 fully saturated rings. The Balaban J connectivity index is 1.46. The van der Waals surface area contributed by atoms with Gasteiger partial charge in [0.1, 0.15) is 0 Å². The van der Waals surface area contributed by atoms with E-state index in [0.29, 0.717) is 18.1 Å². The molecule has 1 saturated carbocycles. The van der Waals surface area contributed by atoms with Crippen molar-refractivity contribution in [3.8, 4) is 0 Å².